The summed E-state index contributed by atoms with van der Waals surface area (Å²) < 4.78 is 4.58. The van der Waals surface area contributed by atoms with Gasteiger partial charge in [-0.3, -0.25) is 0 Å². The highest BCUT2D eigenvalue weighted by Gasteiger charge is 1.58. The van der Waals surface area contributed by atoms with Gasteiger partial charge in [-0.25, -0.2) is 0 Å². The van der Waals surface area contributed by atoms with Gasteiger partial charge in [0.15, 0.2) is 0 Å². The second-order valence-corrected chi connectivity index (χ2v) is 1.15. The summed E-state index contributed by atoms with van der Waals surface area (Å²) in [6.45, 7) is 1.57. The van der Waals surface area contributed by atoms with Crippen LogP contribution in [-0.2, 0) is 0 Å². The van der Waals surface area contributed by atoms with E-state index in [1.807, 2.05) is 12.1 Å². The summed E-state index contributed by atoms with van der Waals surface area (Å²) in [6.07, 6.45) is 4.93. The maximum absolute atomic E-state index is 7.51. The lowest BCUT2D eigenvalue weighted by molar-refractivity contribution is 0.517. The number of hydrogen-bond acceptors (Lipinski definition) is 2. The molecule has 0 aliphatic carbocycles. The molecule has 0 radical (unpaired) electrons. The Morgan fingerprint density at radius 2 is 1.78 bits per heavy atom. The van der Waals surface area contributed by atoms with E-state index in [9.17, 15) is 0 Å². The third-order valence-electron chi connectivity index (χ3n) is 0.537. The Bertz CT molecular complexity index is 143. The molecule has 2 nitrogen and oxygen atoms in total. The topological polar surface area (TPSA) is 33.4 Å². The van der Waals surface area contributed by atoms with Crippen molar-refractivity contribution in [1.29, 1.82) is 0 Å². The fourth-order valence-corrected chi connectivity index (χ4v) is 0.227. The van der Waals surface area contributed by atoms with Gasteiger partial charge >= 0.3 is 0 Å². The fraction of sp³-hybridized carbons (Fsp3) is 0.143. The molecule has 1 heterocycles. The van der Waals surface area contributed by atoms with Crippen molar-refractivity contribution in [3.05, 3.63) is 24.7 Å². The molecule has 1 aromatic heterocycles. The van der Waals surface area contributed by atoms with E-state index in [1.165, 1.54) is 0 Å². The number of rotatable bonds is 0. The van der Waals surface area contributed by atoms with Gasteiger partial charge in [0.1, 0.15) is 6.11 Å². The molecule has 0 aromatic carbocycles. The highest BCUT2D eigenvalue weighted by molar-refractivity contribution is 4.82. The largest absolute Gasteiger partial charge is 0.473 e. The van der Waals surface area contributed by atoms with E-state index in [0.717, 1.165) is 0 Å². The average molecular weight is 124 g/mol. The molecule has 0 unspecified atom stereocenters. The minimum atomic E-state index is 1.57. The van der Waals surface area contributed by atoms with E-state index in [0.29, 0.717) is 0 Å². The molecule has 0 saturated heterocycles. The molecule has 1 N–H and O–H groups in total. The molecule has 0 amide bonds. The Hall–Kier alpha value is -1.36. The van der Waals surface area contributed by atoms with Crippen LogP contribution in [0.2, 0.25) is 0 Å². The molecule has 0 saturated carbocycles. The smallest absolute Gasteiger partial charge is 0.107 e. The molecular weight excluding hydrogens is 116 g/mol. The second-order valence-electron chi connectivity index (χ2n) is 1.15. The van der Waals surface area contributed by atoms with Crippen LogP contribution in [0.15, 0.2) is 29.1 Å². The first-order valence-corrected chi connectivity index (χ1v) is 2.45. The molecule has 0 aliphatic rings. The number of aliphatic hydroxyl groups is 1. The monoisotopic (exact) mass is 124 g/mol. The Morgan fingerprint density at radius 3 is 1.89 bits per heavy atom. The van der Waals surface area contributed by atoms with E-state index >= 15 is 0 Å². The summed E-state index contributed by atoms with van der Waals surface area (Å²) >= 11 is 0. The molecule has 0 spiro atoms. The van der Waals surface area contributed by atoms with Gasteiger partial charge in [0, 0.05) is 6.92 Å². The molecule has 0 atom stereocenters. The van der Waals surface area contributed by atoms with Gasteiger partial charge in [-0.05, 0) is 12.1 Å². The number of furan rings is 1. The summed E-state index contributed by atoms with van der Waals surface area (Å²) in [5.41, 5.74) is 0. The molecule has 2 heteroatoms. The zero-order valence-electron chi connectivity index (χ0n) is 5.16. The maximum atomic E-state index is 7.51. The van der Waals surface area contributed by atoms with Crippen molar-refractivity contribution in [2.45, 2.75) is 6.92 Å². The molecule has 9 heavy (non-hydrogen) atoms. The van der Waals surface area contributed by atoms with E-state index in [4.69, 9.17) is 5.11 Å². The van der Waals surface area contributed by atoms with Gasteiger partial charge in [-0.1, -0.05) is 5.92 Å². The molecule has 0 fully saturated rings. The Morgan fingerprint density at radius 1 is 1.33 bits per heavy atom. The van der Waals surface area contributed by atoms with Crippen molar-refractivity contribution in [2.24, 2.45) is 0 Å². The predicted molar refractivity (Wildman–Crippen MR) is 34.1 cm³/mol. The third-order valence-corrected chi connectivity index (χ3v) is 0.537. The zero-order chi connectivity index (χ0) is 6.95. The van der Waals surface area contributed by atoms with Gasteiger partial charge in [0.2, 0.25) is 0 Å². The third kappa shape index (κ3) is 6.64. The molecule has 1 aromatic rings. The Balaban J connectivity index is 0.000000148. The summed E-state index contributed by atoms with van der Waals surface area (Å²) in [6, 6.07) is 3.67. The van der Waals surface area contributed by atoms with Crippen LogP contribution in [-0.4, -0.2) is 5.11 Å². The van der Waals surface area contributed by atoms with Crippen LogP contribution in [0.3, 0.4) is 0 Å². The molecule has 48 valence electrons. The summed E-state index contributed by atoms with van der Waals surface area (Å²) in [5.74, 6) is 2.24. The molecule has 1 rings (SSSR count). The van der Waals surface area contributed by atoms with Crippen LogP contribution in [0.5, 0.6) is 0 Å². The first-order valence-electron chi connectivity index (χ1n) is 2.45. The van der Waals surface area contributed by atoms with Crippen LogP contribution in [0.25, 0.3) is 0 Å². The van der Waals surface area contributed by atoms with Crippen molar-refractivity contribution in [3.8, 4) is 12.0 Å². The van der Waals surface area contributed by atoms with Crippen LogP contribution in [0.4, 0.5) is 0 Å². The number of hydrogen-bond donors (Lipinski definition) is 1. The van der Waals surface area contributed by atoms with E-state index in [2.05, 4.69) is 10.3 Å². The minimum absolute atomic E-state index is 1.57. The first kappa shape index (κ1) is 7.64. The van der Waals surface area contributed by atoms with Gasteiger partial charge < -0.3 is 9.52 Å². The lowest BCUT2D eigenvalue weighted by atomic mass is 10.7. The average Bonchev–Trinajstić information content (AvgIpc) is 2.43. The van der Waals surface area contributed by atoms with Crippen LogP contribution in [0, 0.1) is 12.0 Å². The Kier molecular flexibility index (Phi) is 5.64. The highest BCUT2D eigenvalue weighted by Crippen LogP contribution is 1.79. The van der Waals surface area contributed by atoms with E-state index < -0.39 is 0 Å². The molecular formula is C7H8O2. The van der Waals surface area contributed by atoms with Gasteiger partial charge in [-0.15, -0.1) is 0 Å². The van der Waals surface area contributed by atoms with Gasteiger partial charge in [0.05, 0.1) is 12.5 Å². The highest BCUT2D eigenvalue weighted by atomic mass is 16.3. The quantitative estimate of drug-likeness (QED) is 0.533. The van der Waals surface area contributed by atoms with Crippen molar-refractivity contribution in [3.63, 3.8) is 0 Å². The maximum Gasteiger partial charge on any atom is 0.107 e. The fourth-order valence-electron chi connectivity index (χ4n) is 0.227. The Labute approximate surface area is 54.1 Å². The van der Waals surface area contributed by atoms with Gasteiger partial charge in [0.25, 0.3) is 0 Å². The predicted octanol–water partition coefficient (Wildman–Crippen LogP) is 1.62. The van der Waals surface area contributed by atoms with Gasteiger partial charge in [-0.2, -0.15) is 0 Å². The second kappa shape index (κ2) is 6.64. The van der Waals surface area contributed by atoms with Crippen LogP contribution < -0.4 is 0 Å². The summed E-state index contributed by atoms with van der Waals surface area (Å²) in [4.78, 5) is 0. The lowest BCUT2D eigenvalue weighted by Gasteiger charge is -1.50. The van der Waals surface area contributed by atoms with Crippen molar-refractivity contribution >= 4 is 0 Å². The van der Waals surface area contributed by atoms with Crippen molar-refractivity contribution < 1.29 is 9.52 Å². The number of aliphatic hydroxyl groups excluding tert-OH is 1. The molecule has 0 aliphatic heterocycles. The first-order chi connectivity index (χ1) is 4.41. The SMILES string of the molecule is CC#CO.c1ccoc1. The normalized spacial score (nSPS) is 5.89. The van der Waals surface area contributed by atoms with Crippen LogP contribution >= 0.6 is 0 Å². The van der Waals surface area contributed by atoms with Crippen LogP contribution in [0.1, 0.15) is 6.92 Å². The van der Waals surface area contributed by atoms with Crippen molar-refractivity contribution in [1.82, 2.24) is 0 Å². The van der Waals surface area contributed by atoms with E-state index in [-0.39, 0.29) is 0 Å². The lowest BCUT2D eigenvalue weighted by Crippen LogP contribution is -1.38. The summed E-state index contributed by atoms with van der Waals surface area (Å²) in [5, 5.41) is 7.51. The zero-order valence-corrected chi connectivity index (χ0v) is 5.16. The summed E-state index contributed by atoms with van der Waals surface area (Å²) in [7, 11) is 0. The molecule has 0 bridgehead atoms. The minimum Gasteiger partial charge on any atom is -0.473 e. The van der Waals surface area contributed by atoms with E-state index in [1.54, 1.807) is 25.6 Å². The van der Waals surface area contributed by atoms with Crippen molar-refractivity contribution in [2.75, 3.05) is 0 Å². The standard InChI is InChI=1S/C4H4O.C3H4O/c1-2-4-5-3-1;1-2-3-4/h1-4H;4H,1H3.